The minimum Gasteiger partial charge on any atom is -0.383 e. The summed E-state index contributed by atoms with van der Waals surface area (Å²) in [6.07, 6.45) is 2.22. The summed E-state index contributed by atoms with van der Waals surface area (Å²) in [7, 11) is 0. The molecule has 0 atom stereocenters. The summed E-state index contributed by atoms with van der Waals surface area (Å²) in [6.45, 7) is 1.87. The summed E-state index contributed by atoms with van der Waals surface area (Å²) in [4.78, 5) is 19.3. The van der Waals surface area contributed by atoms with Gasteiger partial charge in [0.25, 0.3) is 0 Å². The van der Waals surface area contributed by atoms with Crippen molar-refractivity contribution in [2.45, 2.75) is 25.7 Å². The van der Waals surface area contributed by atoms with Gasteiger partial charge in [-0.2, -0.15) is 0 Å². The fraction of sp³-hybridized carbons (Fsp3) is 0.500. The molecule has 1 aliphatic rings. The van der Waals surface area contributed by atoms with E-state index < -0.39 is 5.91 Å². The Hall–Kier alpha value is -1.85. The van der Waals surface area contributed by atoms with E-state index in [1.165, 1.54) is 0 Å². The van der Waals surface area contributed by atoms with Gasteiger partial charge in [0.15, 0.2) is 0 Å². The first-order chi connectivity index (χ1) is 7.58. The monoisotopic (exact) mass is 221 g/mol. The van der Waals surface area contributed by atoms with Crippen molar-refractivity contribution < 1.29 is 4.79 Å². The molecule has 1 heterocycles. The summed E-state index contributed by atoms with van der Waals surface area (Å²) in [5, 5.41) is 2.87. The van der Waals surface area contributed by atoms with Gasteiger partial charge >= 0.3 is 0 Å². The van der Waals surface area contributed by atoms with Gasteiger partial charge in [0.05, 0.1) is 6.54 Å². The molecule has 6 nitrogen and oxygen atoms in total. The Morgan fingerprint density at radius 3 is 2.75 bits per heavy atom. The van der Waals surface area contributed by atoms with Crippen LogP contribution in [0, 0.1) is 6.92 Å². The molecule has 0 unspecified atom stereocenters. The van der Waals surface area contributed by atoms with Gasteiger partial charge in [-0.1, -0.05) is 0 Å². The van der Waals surface area contributed by atoms with Crippen LogP contribution in [0.2, 0.25) is 0 Å². The molecule has 0 spiro atoms. The average Bonchev–Trinajstić information content (AvgIpc) is 3.03. The number of nitrogen functional groups attached to an aromatic ring is 1. The maximum Gasteiger partial charge on any atom is 0.236 e. The van der Waals surface area contributed by atoms with E-state index in [-0.39, 0.29) is 6.54 Å². The van der Waals surface area contributed by atoms with Crippen LogP contribution in [0.15, 0.2) is 0 Å². The zero-order chi connectivity index (χ0) is 11.7. The molecular formula is C10H15N5O. The fourth-order valence-electron chi connectivity index (χ4n) is 1.42. The topological polar surface area (TPSA) is 107 Å². The van der Waals surface area contributed by atoms with Gasteiger partial charge in [-0.05, 0) is 19.8 Å². The third kappa shape index (κ3) is 2.21. The molecule has 5 N–H and O–H groups in total. The maximum absolute atomic E-state index is 10.7. The number of hydrogen-bond donors (Lipinski definition) is 3. The summed E-state index contributed by atoms with van der Waals surface area (Å²) < 4.78 is 0. The number of amides is 1. The largest absolute Gasteiger partial charge is 0.383 e. The zero-order valence-electron chi connectivity index (χ0n) is 9.16. The van der Waals surface area contributed by atoms with Crippen LogP contribution in [0.4, 0.5) is 11.6 Å². The van der Waals surface area contributed by atoms with Crippen LogP contribution >= 0.6 is 0 Å². The molecule has 1 aromatic rings. The molecule has 1 aromatic heterocycles. The van der Waals surface area contributed by atoms with Crippen LogP contribution in [-0.4, -0.2) is 22.4 Å². The Bertz CT molecular complexity index is 427. The standard InChI is InChI=1S/C10H15N5O/c1-5-8(12)14-10(6-2-3-6)15-9(5)13-4-7(11)16/h6H,2-4H2,1H3,(H2,11,16)(H3,12,13,14,15). The van der Waals surface area contributed by atoms with Crippen LogP contribution in [-0.2, 0) is 4.79 Å². The number of primary amides is 1. The van der Waals surface area contributed by atoms with Crippen LogP contribution in [0.25, 0.3) is 0 Å². The van der Waals surface area contributed by atoms with Gasteiger partial charge in [0, 0.05) is 11.5 Å². The van der Waals surface area contributed by atoms with Gasteiger partial charge in [-0.15, -0.1) is 0 Å². The van der Waals surface area contributed by atoms with E-state index in [1.807, 2.05) is 6.92 Å². The van der Waals surface area contributed by atoms with Crippen molar-refractivity contribution in [3.8, 4) is 0 Å². The van der Waals surface area contributed by atoms with E-state index in [4.69, 9.17) is 11.5 Å². The van der Waals surface area contributed by atoms with E-state index in [1.54, 1.807) is 0 Å². The second-order valence-corrected chi connectivity index (χ2v) is 4.03. The molecule has 2 rings (SSSR count). The molecule has 1 saturated carbocycles. The van der Waals surface area contributed by atoms with Gasteiger partial charge in [-0.25, -0.2) is 9.97 Å². The molecule has 1 aliphatic carbocycles. The summed E-state index contributed by atoms with van der Waals surface area (Å²) >= 11 is 0. The predicted octanol–water partition coefficient (Wildman–Crippen LogP) is 0.142. The highest BCUT2D eigenvalue weighted by Gasteiger charge is 2.27. The van der Waals surface area contributed by atoms with Gasteiger partial charge in [0.2, 0.25) is 5.91 Å². The van der Waals surface area contributed by atoms with Crippen molar-refractivity contribution in [2.75, 3.05) is 17.6 Å². The summed E-state index contributed by atoms with van der Waals surface area (Å²) in [5.41, 5.74) is 11.6. The minimum absolute atomic E-state index is 0.0569. The van der Waals surface area contributed by atoms with Crippen molar-refractivity contribution in [1.29, 1.82) is 0 Å². The lowest BCUT2D eigenvalue weighted by molar-refractivity contribution is -0.116. The third-order valence-corrected chi connectivity index (χ3v) is 2.57. The first kappa shape index (κ1) is 10.7. The number of carbonyl (C=O) groups is 1. The van der Waals surface area contributed by atoms with Crippen molar-refractivity contribution in [2.24, 2.45) is 5.73 Å². The Morgan fingerprint density at radius 2 is 2.19 bits per heavy atom. The van der Waals surface area contributed by atoms with Crippen LogP contribution in [0.5, 0.6) is 0 Å². The zero-order valence-corrected chi connectivity index (χ0v) is 9.16. The van der Waals surface area contributed by atoms with E-state index in [0.717, 1.165) is 24.2 Å². The normalized spacial score (nSPS) is 14.8. The minimum atomic E-state index is -0.426. The number of nitrogens with two attached hydrogens (primary N) is 2. The van der Waals surface area contributed by atoms with Crippen molar-refractivity contribution in [1.82, 2.24) is 9.97 Å². The van der Waals surface area contributed by atoms with Crippen molar-refractivity contribution >= 4 is 17.5 Å². The first-order valence-corrected chi connectivity index (χ1v) is 5.24. The number of carbonyl (C=O) groups excluding carboxylic acids is 1. The molecular weight excluding hydrogens is 206 g/mol. The Balaban J connectivity index is 2.23. The quantitative estimate of drug-likeness (QED) is 0.670. The molecule has 16 heavy (non-hydrogen) atoms. The van der Waals surface area contributed by atoms with Gasteiger partial charge < -0.3 is 16.8 Å². The molecule has 1 amide bonds. The number of rotatable bonds is 4. The molecule has 0 radical (unpaired) electrons. The van der Waals surface area contributed by atoms with Crippen LogP contribution < -0.4 is 16.8 Å². The lowest BCUT2D eigenvalue weighted by Crippen LogP contribution is -2.23. The van der Waals surface area contributed by atoms with E-state index >= 15 is 0 Å². The lowest BCUT2D eigenvalue weighted by Gasteiger charge is -2.10. The Morgan fingerprint density at radius 1 is 1.50 bits per heavy atom. The van der Waals surface area contributed by atoms with Crippen molar-refractivity contribution in [3.05, 3.63) is 11.4 Å². The van der Waals surface area contributed by atoms with E-state index in [2.05, 4.69) is 15.3 Å². The third-order valence-electron chi connectivity index (χ3n) is 2.57. The fourth-order valence-corrected chi connectivity index (χ4v) is 1.42. The molecule has 0 bridgehead atoms. The molecule has 1 fully saturated rings. The molecule has 86 valence electrons. The molecule has 0 aliphatic heterocycles. The van der Waals surface area contributed by atoms with Crippen molar-refractivity contribution in [3.63, 3.8) is 0 Å². The highest BCUT2D eigenvalue weighted by molar-refractivity contribution is 5.79. The maximum atomic E-state index is 10.7. The highest BCUT2D eigenvalue weighted by atomic mass is 16.1. The lowest BCUT2D eigenvalue weighted by atomic mass is 10.3. The van der Waals surface area contributed by atoms with Crippen LogP contribution in [0.3, 0.4) is 0 Å². The smallest absolute Gasteiger partial charge is 0.236 e. The number of aromatic nitrogens is 2. The first-order valence-electron chi connectivity index (χ1n) is 5.24. The Kier molecular flexibility index (Phi) is 2.64. The molecule has 6 heteroatoms. The second kappa shape index (κ2) is 3.96. The number of nitrogens with zero attached hydrogens (tertiary/aromatic N) is 2. The summed E-state index contributed by atoms with van der Waals surface area (Å²) in [6, 6.07) is 0. The number of hydrogen-bond acceptors (Lipinski definition) is 5. The average molecular weight is 221 g/mol. The highest BCUT2D eigenvalue weighted by Crippen LogP contribution is 2.39. The SMILES string of the molecule is Cc1c(N)nc(C2CC2)nc1NCC(N)=O. The van der Waals surface area contributed by atoms with E-state index in [9.17, 15) is 4.79 Å². The molecule has 0 saturated heterocycles. The molecule has 0 aromatic carbocycles. The second-order valence-electron chi connectivity index (χ2n) is 4.03. The number of anilines is 2. The van der Waals surface area contributed by atoms with E-state index in [0.29, 0.717) is 17.6 Å². The van der Waals surface area contributed by atoms with Gasteiger partial charge in [0.1, 0.15) is 17.5 Å². The van der Waals surface area contributed by atoms with Crippen LogP contribution in [0.1, 0.15) is 30.1 Å². The Labute approximate surface area is 93.4 Å². The summed E-state index contributed by atoms with van der Waals surface area (Å²) in [5.74, 6) is 1.83. The predicted molar refractivity (Wildman–Crippen MR) is 60.8 cm³/mol. The van der Waals surface area contributed by atoms with Gasteiger partial charge in [-0.3, -0.25) is 4.79 Å². The number of nitrogens with one attached hydrogen (secondary N) is 1.